The third kappa shape index (κ3) is 3.70. The SMILES string of the molecule is O=C(CC(c1ccc(Cl)cc1)N1C(=O)C2C3C=CC(C3)C2C1=O)Nc1ccc([N+](=O)[O-])cc1. The van der Waals surface area contributed by atoms with Gasteiger partial charge < -0.3 is 5.32 Å². The zero-order valence-electron chi connectivity index (χ0n) is 17.4. The van der Waals surface area contributed by atoms with Crippen LogP contribution in [-0.2, 0) is 14.4 Å². The maximum Gasteiger partial charge on any atom is 0.269 e. The number of nitro benzene ring substituents is 1. The number of imide groups is 1. The van der Waals surface area contributed by atoms with Gasteiger partial charge in [0, 0.05) is 22.8 Å². The van der Waals surface area contributed by atoms with Crippen LogP contribution < -0.4 is 5.32 Å². The first-order valence-electron chi connectivity index (χ1n) is 10.7. The second kappa shape index (κ2) is 8.12. The molecule has 5 rings (SSSR count). The molecule has 8 nitrogen and oxygen atoms in total. The molecule has 3 aliphatic rings. The van der Waals surface area contributed by atoms with Gasteiger partial charge in [-0.05, 0) is 48.1 Å². The van der Waals surface area contributed by atoms with Crippen molar-refractivity contribution in [3.63, 3.8) is 0 Å². The van der Waals surface area contributed by atoms with E-state index < -0.39 is 16.9 Å². The minimum absolute atomic E-state index is 0.0706. The van der Waals surface area contributed by atoms with Crippen LogP contribution in [0.15, 0.2) is 60.7 Å². The quantitative estimate of drug-likeness (QED) is 0.298. The van der Waals surface area contributed by atoms with Gasteiger partial charge in [0.1, 0.15) is 0 Å². The Morgan fingerprint density at radius 1 is 1.03 bits per heavy atom. The van der Waals surface area contributed by atoms with E-state index in [1.807, 2.05) is 12.2 Å². The first kappa shape index (κ1) is 21.3. The number of likely N-dealkylation sites (tertiary alicyclic amines) is 1. The van der Waals surface area contributed by atoms with Crippen molar-refractivity contribution in [3.8, 4) is 0 Å². The number of allylic oxidation sites excluding steroid dienone is 2. The van der Waals surface area contributed by atoms with Crippen LogP contribution in [0.1, 0.15) is 24.4 Å². The van der Waals surface area contributed by atoms with Gasteiger partial charge in [-0.25, -0.2) is 0 Å². The number of fused-ring (bicyclic) bond motifs is 5. The molecule has 5 unspecified atom stereocenters. The van der Waals surface area contributed by atoms with Crippen LogP contribution in [-0.4, -0.2) is 27.5 Å². The number of non-ortho nitro benzene ring substituents is 1. The van der Waals surface area contributed by atoms with E-state index in [0.29, 0.717) is 16.3 Å². The molecule has 2 aromatic rings. The molecule has 2 bridgehead atoms. The van der Waals surface area contributed by atoms with E-state index >= 15 is 0 Å². The Labute approximate surface area is 194 Å². The first-order valence-corrected chi connectivity index (χ1v) is 11.1. The third-order valence-corrected chi connectivity index (χ3v) is 7.06. The molecule has 1 aliphatic heterocycles. The van der Waals surface area contributed by atoms with Gasteiger partial charge in [-0.1, -0.05) is 35.9 Å². The van der Waals surface area contributed by atoms with Gasteiger partial charge in [0.05, 0.1) is 29.2 Å². The second-order valence-corrected chi connectivity index (χ2v) is 9.11. The van der Waals surface area contributed by atoms with Crippen molar-refractivity contribution in [1.82, 2.24) is 4.90 Å². The normalized spacial score (nSPS) is 25.9. The molecule has 2 aliphatic carbocycles. The summed E-state index contributed by atoms with van der Waals surface area (Å²) in [6, 6.07) is 11.4. The minimum Gasteiger partial charge on any atom is -0.326 e. The molecule has 5 atom stereocenters. The molecule has 2 aromatic carbocycles. The number of amides is 3. The van der Waals surface area contributed by atoms with E-state index in [2.05, 4.69) is 5.32 Å². The van der Waals surface area contributed by atoms with Gasteiger partial charge in [-0.3, -0.25) is 29.4 Å². The van der Waals surface area contributed by atoms with Gasteiger partial charge in [0.2, 0.25) is 17.7 Å². The Morgan fingerprint density at radius 3 is 2.15 bits per heavy atom. The molecule has 0 aromatic heterocycles. The zero-order valence-corrected chi connectivity index (χ0v) is 18.1. The molecule has 1 heterocycles. The van der Waals surface area contributed by atoms with Gasteiger partial charge in [0.15, 0.2) is 0 Å². The molecule has 168 valence electrons. The standard InChI is InChI=1S/C24H20ClN3O5/c25-16-5-3-13(4-6-16)19(12-20(29)26-17-7-9-18(10-8-17)28(32)33)27-23(30)21-14-1-2-15(11-14)22(21)24(27)31/h1-10,14-15,19,21-22H,11-12H2,(H,26,29). The van der Waals surface area contributed by atoms with Crippen LogP contribution in [0.25, 0.3) is 0 Å². The Morgan fingerprint density at radius 2 is 1.61 bits per heavy atom. The van der Waals surface area contributed by atoms with Crippen LogP contribution in [0.3, 0.4) is 0 Å². The molecule has 0 spiro atoms. The molecule has 9 heteroatoms. The summed E-state index contributed by atoms with van der Waals surface area (Å²) in [4.78, 5) is 51.2. The lowest BCUT2D eigenvalue weighted by molar-refractivity contribution is -0.384. The van der Waals surface area contributed by atoms with Crippen LogP contribution in [0.5, 0.6) is 0 Å². The predicted molar refractivity (Wildman–Crippen MR) is 120 cm³/mol. The number of anilines is 1. The van der Waals surface area contributed by atoms with Crippen molar-refractivity contribution in [1.29, 1.82) is 0 Å². The number of rotatable bonds is 6. The molecule has 2 fully saturated rings. The van der Waals surface area contributed by atoms with Crippen molar-refractivity contribution in [3.05, 3.63) is 81.4 Å². The number of carbonyl (C=O) groups excluding carboxylic acids is 3. The fourth-order valence-corrected chi connectivity index (χ4v) is 5.46. The summed E-state index contributed by atoms with van der Waals surface area (Å²) in [6.07, 6.45) is 4.74. The van der Waals surface area contributed by atoms with Crippen molar-refractivity contribution < 1.29 is 19.3 Å². The predicted octanol–water partition coefficient (Wildman–Crippen LogP) is 4.13. The summed E-state index contributed by atoms with van der Waals surface area (Å²) in [6.45, 7) is 0. The highest BCUT2D eigenvalue weighted by atomic mass is 35.5. The third-order valence-electron chi connectivity index (χ3n) is 6.81. The minimum atomic E-state index is -0.773. The van der Waals surface area contributed by atoms with Gasteiger partial charge in [-0.2, -0.15) is 0 Å². The average molecular weight is 466 g/mol. The van der Waals surface area contributed by atoms with Crippen molar-refractivity contribution in [2.45, 2.75) is 18.9 Å². The van der Waals surface area contributed by atoms with Crippen molar-refractivity contribution >= 4 is 40.7 Å². The highest BCUT2D eigenvalue weighted by Crippen LogP contribution is 2.54. The van der Waals surface area contributed by atoms with Crippen molar-refractivity contribution in [2.24, 2.45) is 23.7 Å². The summed E-state index contributed by atoms with van der Waals surface area (Å²) in [5, 5.41) is 14.0. The molecule has 33 heavy (non-hydrogen) atoms. The van der Waals surface area contributed by atoms with Crippen LogP contribution in [0, 0.1) is 33.8 Å². The number of benzene rings is 2. The first-order chi connectivity index (χ1) is 15.8. The molecule has 0 radical (unpaired) electrons. The highest BCUT2D eigenvalue weighted by Gasteiger charge is 2.60. The van der Waals surface area contributed by atoms with E-state index in [0.717, 1.165) is 6.42 Å². The zero-order chi connectivity index (χ0) is 23.3. The smallest absolute Gasteiger partial charge is 0.269 e. The number of nitro groups is 1. The lowest BCUT2D eigenvalue weighted by atomic mass is 9.85. The maximum absolute atomic E-state index is 13.4. The average Bonchev–Trinajstić information content (AvgIpc) is 3.47. The highest BCUT2D eigenvalue weighted by molar-refractivity contribution is 6.30. The monoisotopic (exact) mass is 465 g/mol. The molecule has 1 saturated carbocycles. The Bertz CT molecular complexity index is 1150. The number of nitrogens with one attached hydrogen (secondary N) is 1. The molecule has 1 N–H and O–H groups in total. The fourth-order valence-electron chi connectivity index (χ4n) is 5.33. The summed E-state index contributed by atoms with van der Waals surface area (Å²) in [5.74, 6) is -1.46. The van der Waals surface area contributed by atoms with Crippen LogP contribution in [0.4, 0.5) is 11.4 Å². The maximum atomic E-state index is 13.4. The fraction of sp³-hybridized carbons (Fsp3) is 0.292. The number of carbonyl (C=O) groups is 3. The Hall–Kier alpha value is -3.52. The second-order valence-electron chi connectivity index (χ2n) is 8.67. The van der Waals surface area contributed by atoms with E-state index in [9.17, 15) is 24.5 Å². The lowest BCUT2D eigenvalue weighted by Gasteiger charge is -2.28. The Kier molecular flexibility index (Phi) is 5.25. The lowest BCUT2D eigenvalue weighted by Crippen LogP contribution is -2.38. The van der Waals surface area contributed by atoms with E-state index in [4.69, 9.17) is 11.6 Å². The molecular formula is C24H20ClN3O5. The summed E-state index contributed by atoms with van der Waals surface area (Å²) in [5.41, 5.74) is 0.939. The largest absolute Gasteiger partial charge is 0.326 e. The summed E-state index contributed by atoms with van der Waals surface area (Å²) >= 11 is 6.02. The summed E-state index contributed by atoms with van der Waals surface area (Å²) < 4.78 is 0. The summed E-state index contributed by atoms with van der Waals surface area (Å²) in [7, 11) is 0. The Balaban J connectivity index is 1.40. The van der Waals surface area contributed by atoms with Gasteiger partial charge in [-0.15, -0.1) is 0 Å². The molecule has 1 saturated heterocycles. The van der Waals surface area contributed by atoms with Gasteiger partial charge >= 0.3 is 0 Å². The van der Waals surface area contributed by atoms with E-state index in [1.165, 1.54) is 29.2 Å². The number of hydrogen-bond donors (Lipinski definition) is 1. The molecular weight excluding hydrogens is 446 g/mol. The number of nitrogens with zero attached hydrogens (tertiary/aromatic N) is 2. The van der Waals surface area contributed by atoms with Crippen LogP contribution in [0.2, 0.25) is 5.02 Å². The van der Waals surface area contributed by atoms with Gasteiger partial charge in [0.25, 0.3) is 5.69 Å². The molecule has 3 amide bonds. The van der Waals surface area contributed by atoms with Crippen LogP contribution >= 0.6 is 11.6 Å². The topological polar surface area (TPSA) is 110 Å². The van der Waals surface area contributed by atoms with E-state index in [1.54, 1.807) is 24.3 Å². The number of halogens is 1. The van der Waals surface area contributed by atoms with Crippen molar-refractivity contribution in [2.75, 3.05) is 5.32 Å². The van der Waals surface area contributed by atoms with E-state index in [-0.39, 0.29) is 47.6 Å². The number of hydrogen-bond acceptors (Lipinski definition) is 5.